The van der Waals surface area contributed by atoms with Gasteiger partial charge in [-0.1, -0.05) is 37.6 Å². The fourth-order valence-electron chi connectivity index (χ4n) is 1.76. The molecule has 2 aromatic rings. The van der Waals surface area contributed by atoms with E-state index < -0.39 is 0 Å². The van der Waals surface area contributed by atoms with Gasteiger partial charge in [0, 0.05) is 6.20 Å². The lowest BCUT2D eigenvalue weighted by molar-refractivity contribution is 0.298. The van der Waals surface area contributed by atoms with Crippen molar-refractivity contribution in [3.63, 3.8) is 0 Å². The predicted molar refractivity (Wildman–Crippen MR) is 69.0 cm³/mol. The standard InChI is InChI=1S/C15H17NO/c1-2-7-13-8-3-4-10-15(13)17-12-14-9-5-6-11-16-14/h3-6,8-11H,2,7,12H2,1H3. The molecule has 0 unspecified atom stereocenters. The third-order valence-electron chi connectivity index (χ3n) is 2.59. The van der Waals surface area contributed by atoms with Crippen LogP contribution in [0, 0.1) is 0 Å². The van der Waals surface area contributed by atoms with Crippen molar-refractivity contribution in [2.45, 2.75) is 26.4 Å². The van der Waals surface area contributed by atoms with E-state index in [9.17, 15) is 0 Å². The molecule has 1 aromatic carbocycles. The first-order chi connectivity index (χ1) is 8.40. The molecule has 0 radical (unpaired) electrons. The fraction of sp³-hybridized carbons (Fsp3) is 0.267. The lowest BCUT2D eigenvalue weighted by Crippen LogP contribution is -2.00. The first-order valence-corrected chi connectivity index (χ1v) is 6.00. The average molecular weight is 227 g/mol. The number of pyridine rings is 1. The fourth-order valence-corrected chi connectivity index (χ4v) is 1.76. The number of aromatic nitrogens is 1. The van der Waals surface area contributed by atoms with E-state index in [0.717, 1.165) is 24.3 Å². The van der Waals surface area contributed by atoms with Gasteiger partial charge in [-0.3, -0.25) is 4.98 Å². The highest BCUT2D eigenvalue weighted by Crippen LogP contribution is 2.20. The Bertz CT molecular complexity index is 453. The van der Waals surface area contributed by atoms with Gasteiger partial charge in [-0.15, -0.1) is 0 Å². The third kappa shape index (κ3) is 3.31. The third-order valence-corrected chi connectivity index (χ3v) is 2.59. The molecule has 1 heterocycles. The van der Waals surface area contributed by atoms with E-state index in [1.165, 1.54) is 5.56 Å². The normalized spacial score (nSPS) is 10.2. The minimum Gasteiger partial charge on any atom is -0.487 e. The minimum absolute atomic E-state index is 0.529. The molecular weight excluding hydrogens is 210 g/mol. The molecule has 0 saturated heterocycles. The van der Waals surface area contributed by atoms with Crippen molar-refractivity contribution in [1.82, 2.24) is 4.98 Å². The molecule has 0 aliphatic carbocycles. The first kappa shape index (κ1) is 11.6. The van der Waals surface area contributed by atoms with Crippen LogP contribution in [0.1, 0.15) is 24.6 Å². The molecule has 88 valence electrons. The van der Waals surface area contributed by atoms with Crippen LogP contribution in [0.3, 0.4) is 0 Å². The van der Waals surface area contributed by atoms with E-state index in [4.69, 9.17) is 4.74 Å². The minimum atomic E-state index is 0.529. The molecule has 0 spiro atoms. The number of hydrogen-bond acceptors (Lipinski definition) is 2. The summed E-state index contributed by atoms with van der Waals surface area (Å²) in [6.45, 7) is 2.71. The molecule has 2 rings (SSSR count). The summed E-state index contributed by atoms with van der Waals surface area (Å²) in [5, 5.41) is 0. The summed E-state index contributed by atoms with van der Waals surface area (Å²) in [7, 11) is 0. The van der Waals surface area contributed by atoms with Crippen molar-refractivity contribution >= 4 is 0 Å². The maximum absolute atomic E-state index is 5.81. The second kappa shape index (κ2) is 6.04. The van der Waals surface area contributed by atoms with Gasteiger partial charge in [-0.05, 0) is 30.2 Å². The molecule has 0 bridgehead atoms. The molecule has 0 N–H and O–H groups in total. The molecule has 17 heavy (non-hydrogen) atoms. The van der Waals surface area contributed by atoms with Gasteiger partial charge in [0.1, 0.15) is 12.4 Å². The topological polar surface area (TPSA) is 22.1 Å². The van der Waals surface area contributed by atoms with Crippen molar-refractivity contribution in [3.8, 4) is 5.75 Å². The molecular formula is C15H17NO. The highest BCUT2D eigenvalue weighted by molar-refractivity contribution is 5.33. The highest BCUT2D eigenvalue weighted by Gasteiger charge is 2.02. The molecule has 0 aliphatic rings. The predicted octanol–water partition coefficient (Wildman–Crippen LogP) is 3.61. The summed E-state index contributed by atoms with van der Waals surface area (Å²) in [6.07, 6.45) is 3.97. The number of ether oxygens (including phenoxy) is 1. The van der Waals surface area contributed by atoms with Crippen LogP contribution in [-0.2, 0) is 13.0 Å². The summed E-state index contributed by atoms with van der Waals surface area (Å²) in [6, 6.07) is 14.1. The van der Waals surface area contributed by atoms with Crippen molar-refractivity contribution < 1.29 is 4.74 Å². The van der Waals surface area contributed by atoms with E-state index in [1.54, 1.807) is 6.20 Å². The number of aryl methyl sites for hydroxylation is 1. The van der Waals surface area contributed by atoms with Gasteiger partial charge in [0.25, 0.3) is 0 Å². The molecule has 0 aliphatic heterocycles. The Morgan fingerprint density at radius 2 is 1.88 bits per heavy atom. The molecule has 0 atom stereocenters. The molecule has 2 nitrogen and oxygen atoms in total. The van der Waals surface area contributed by atoms with Gasteiger partial charge in [0.15, 0.2) is 0 Å². The Morgan fingerprint density at radius 3 is 2.65 bits per heavy atom. The Kier molecular flexibility index (Phi) is 4.14. The second-order valence-electron chi connectivity index (χ2n) is 3.97. The van der Waals surface area contributed by atoms with Crippen LogP contribution in [0.4, 0.5) is 0 Å². The van der Waals surface area contributed by atoms with Crippen molar-refractivity contribution in [2.75, 3.05) is 0 Å². The van der Waals surface area contributed by atoms with Crippen molar-refractivity contribution in [1.29, 1.82) is 0 Å². The Morgan fingerprint density at radius 1 is 1.06 bits per heavy atom. The number of benzene rings is 1. The highest BCUT2D eigenvalue weighted by atomic mass is 16.5. The maximum atomic E-state index is 5.81. The van der Waals surface area contributed by atoms with Crippen molar-refractivity contribution in [2.24, 2.45) is 0 Å². The van der Waals surface area contributed by atoms with Gasteiger partial charge in [0.2, 0.25) is 0 Å². The zero-order valence-corrected chi connectivity index (χ0v) is 10.1. The molecule has 0 amide bonds. The zero-order valence-electron chi connectivity index (χ0n) is 10.1. The number of hydrogen-bond donors (Lipinski definition) is 0. The monoisotopic (exact) mass is 227 g/mol. The SMILES string of the molecule is CCCc1ccccc1OCc1ccccn1. The van der Waals surface area contributed by atoms with Crippen LogP contribution in [0.5, 0.6) is 5.75 Å². The van der Waals surface area contributed by atoms with E-state index in [-0.39, 0.29) is 0 Å². The van der Waals surface area contributed by atoms with E-state index in [0.29, 0.717) is 6.61 Å². The summed E-state index contributed by atoms with van der Waals surface area (Å²) in [4.78, 5) is 4.24. The van der Waals surface area contributed by atoms with Gasteiger partial charge in [-0.25, -0.2) is 0 Å². The van der Waals surface area contributed by atoms with Crippen LogP contribution in [0.15, 0.2) is 48.7 Å². The summed E-state index contributed by atoms with van der Waals surface area (Å²) in [5.41, 5.74) is 2.23. The van der Waals surface area contributed by atoms with Crippen molar-refractivity contribution in [3.05, 3.63) is 59.9 Å². The average Bonchev–Trinajstić information content (AvgIpc) is 2.39. The second-order valence-corrected chi connectivity index (χ2v) is 3.97. The summed E-state index contributed by atoms with van der Waals surface area (Å²) in [5.74, 6) is 0.972. The van der Waals surface area contributed by atoms with E-state index in [1.807, 2.05) is 30.3 Å². The molecule has 2 heteroatoms. The van der Waals surface area contributed by atoms with Gasteiger partial charge >= 0.3 is 0 Å². The van der Waals surface area contributed by atoms with Crippen LogP contribution in [0.25, 0.3) is 0 Å². The molecule has 0 saturated carbocycles. The number of rotatable bonds is 5. The van der Waals surface area contributed by atoms with E-state index >= 15 is 0 Å². The lowest BCUT2D eigenvalue weighted by atomic mass is 10.1. The smallest absolute Gasteiger partial charge is 0.130 e. The molecule has 1 aromatic heterocycles. The van der Waals surface area contributed by atoms with Crippen LogP contribution in [0.2, 0.25) is 0 Å². The summed E-state index contributed by atoms with van der Waals surface area (Å²) < 4.78 is 5.81. The number of nitrogens with zero attached hydrogens (tertiary/aromatic N) is 1. The van der Waals surface area contributed by atoms with Gasteiger partial charge in [-0.2, -0.15) is 0 Å². The Hall–Kier alpha value is -1.83. The first-order valence-electron chi connectivity index (χ1n) is 6.00. The van der Waals surface area contributed by atoms with E-state index in [2.05, 4.69) is 24.0 Å². The van der Waals surface area contributed by atoms with Crippen LogP contribution in [-0.4, -0.2) is 4.98 Å². The van der Waals surface area contributed by atoms with Gasteiger partial charge < -0.3 is 4.74 Å². The summed E-state index contributed by atoms with van der Waals surface area (Å²) >= 11 is 0. The quantitative estimate of drug-likeness (QED) is 0.778. The zero-order chi connectivity index (χ0) is 11.9. The number of para-hydroxylation sites is 1. The van der Waals surface area contributed by atoms with Crippen LogP contribution >= 0.6 is 0 Å². The van der Waals surface area contributed by atoms with Crippen LogP contribution < -0.4 is 4.74 Å². The largest absolute Gasteiger partial charge is 0.487 e. The lowest BCUT2D eigenvalue weighted by Gasteiger charge is -2.10. The Balaban J connectivity index is 2.03. The maximum Gasteiger partial charge on any atom is 0.130 e. The molecule has 0 fully saturated rings. The van der Waals surface area contributed by atoms with Gasteiger partial charge in [0.05, 0.1) is 5.69 Å². The Labute approximate surface area is 102 Å².